The molecule has 4 heterocycles. The lowest BCUT2D eigenvalue weighted by Gasteiger charge is -2.23. The number of carbonyl (C=O) groups is 1. The highest BCUT2D eigenvalue weighted by Crippen LogP contribution is 2.29. The van der Waals surface area contributed by atoms with Gasteiger partial charge in [-0.3, -0.25) is 4.79 Å². The van der Waals surface area contributed by atoms with E-state index in [1.165, 1.54) is 10.6 Å². The molecule has 0 aliphatic carbocycles. The molecule has 0 radical (unpaired) electrons. The van der Waals surface area contributed by atoms with E-state index < -0.39 is 5.82 Å². The van der Waals surface area contributed by atoms with Crippen LogP contribution in [0.4, 0.5) is 4.39 Å². The average molecular weight is 445 g/mol. The molecule has 0 bridgehead atoms. The fourth-order valence-corrected chi connectivity index (χ4v) is 3.97. The molecule has 31 heavy (non-hydrogen) atoms. The highest BCUT2D eigenvalue weighted by molar-refractivity contribution is 6.29. The number of carbonyl (C=O) groups excluding carboxylic acids is 1. The summed E-state index contributed by atoms with van der Waals surface area (Å²) < 4.78 is 23.0. The Labute approximate surface area is 183 Å². The summed E-state index contributed by atoms with van der Waals surface area (Å²) >= 11 is 6.08. The summed E-state index contributed by atoms with van der Waals surface area (Å²) in [6.07, 6.45) is 3.11. The standard InChI is InChI=1S/C21H22ClFN6O2/c1-11(2)20(31-4)19-14(9-24-18-8-17(22)27-29(18)19)7-15(30)5-13-6-16(23)21-25-12(3)26-28(21)10-13/h6,8-11,20H,5,7H2,1-4H3. The molecule has 0 N–H and O–H groups in total. The monoisotopic (exact) mass is 444 g/mol. The molecule has 0 aliphatic heterocycles. The van der Waals surface area contributed by atoms with Crippen molar-refractivity contribution in [1.29, 1.82) is 0 Å². The quantitative estimate of drug-likeness (QED) is 0.433. The second-order valence-electron chi connectivity index (χ2n) is 7.82. The van der Waals surface area contributed by atoms with Gasteiger partial charge in [0.25, 0.3) is 0 Å². The summed E-state index contributed by atoms with van der Waals surface area (Å²) in [6.45, 7) is 5.73. The lowest BCUT2D eigenvalue weighted by atomic mass is 9.96. The number of nitrogens with zero attached hydrogens (tertiary/aromatic N) is 6. The van der Waals surface area contributed by atoms with Crippen LogP contribution in [0, 0.1) is 18.7 Å². The zero-order chi connectivity index (χ0) is 22.3. The van der Waals surface area contributed by atoms with Gasteiger partial charge in [0, 0.05) is 44.0 Å². The van der Waals surface area contributed by atoms with Crippen molar-refractivity contribution in [2.75, 3.05) is 7.11 Å². The predicted molar refractivity (Wildman–Crippen MR) is 113 cm³/mol. The van der Waals surface area contributed by atoms with Crippen molar-refractivity contribution < 1.29 is 13.9 Å². The molecule has 0 saturated heterocycles. The first kappa shape index (κ1) is 21.3. The molecular formula is C21H22ClFN6O2. The molecule has 0 fully saturated rings. The number of aryl methyl sites for hydroxylation is 1. The lowest BCUT2D eigenvalue weighted by Crippen LogP contribution is -2.19. The Hall–Kier alpha value is -2.91. The van der Waals surface area contributed by atoms with Crippen LogP contribution >= 0.6 is 11.6 Å². The minimum Gasteiger partial charge on any atom is -0.375 e. The topological polar surface area (TPSA) is 86.7 Å². The van der Waals surface area contributed by atoms with Crippen molar-refractivity contribution in [3.63, 3.8) is 0 Å². The third kappa shape index (κ3) is 4.15. The van der Waals surface area contributed by atoms with Crippen LogP contribution in [0.2, 0.25) is 5.15 Å². The SMILES string of the molecule is COC(c1c(CC(=O)Cc2cc(F)c3nc(C)nn3c2)cnc2cc(Cl)nn12)C(C)C. The number of pyridine rings is 1. The van der Waals surface area contributed by atoms with E-state index in [2.05, 4.69) is 20.2 Å². The predicted octanol–water partition coefficient (Wildman–Crippen LogP) is 3.57. The Bertz CT molecular complexity index is 1280. The summed E-state index contributed by atoms with van der Waals surface area (Å²) in [5.41, 5.74) is 2.66. The largest absolute Gasteiger partial charge is 0.375 e. The van der Waals surface area contributed by atoms with E-state index in [1.54, 1.807) is 37.0 Å². The van der Waals surface area contributed by atoms with Crippen LogP contribution < -0.4 is 0 Å². The Morgan fingerprint density at radius 2 is 2.03 bits per heavy atom. The number of Topliss-reactive ketones (excluding diaryl/α,β-unsaturated/α-hetero) is 1. The Morgan fingerprint density at radius 1 is 1.26 bits per heavy atom. The molecular weight excluding hydrogens is 423 g/mol. The summed E-state index contributed by atoms with van der Waals surface area (Å²) in [4.78, 5) is 21.3. The normalized spacial score (nSPS) is 12.9. The maximum Gasteiger partial charge on any atom is 0.191 e. The molecule has 1 unspecified atom stereocenters. The van der Waals surface area contributed by atoms with E-state index in [0.717, 1.165) is 5.69 Å². The van der Waals surface area contributed by atoms with Crippen molar-refractivity contribution in [2.24, 2.45) is 5.92 Å². The smallest absolute Gasteiger partial charge is 0.191 e. The van der Waals surface area contributed by atoms with Gasteiger partial charge in [-0.15, -0.1) is 0 Å². The summed E-state index contributed by atoms with van der Waals surface area (Å²) in [5.74, 6) is -0.0296. The van der Waals surface area contributed by atoms with E-state index in [-0.39, 0.29) is 36.3 Å². The fourth-order valence-electron chi connectivity index (χ4n) is 3.80. The summed E-state index contributed by atoms with van der Waals surface area (Å²) in [7, 11) is 1.62. The van der Waals surface area contributed by atoms with Crippen LogP contribution in [0.15, 0.2) is 24.5 Å². The number of rotatable bonds is 7. The van der Waals surface area contributed by atoms with Crippen LogP contribution in [-0.2, 0) is 22.4 Å². The first-order valence-electron chi connectivity index (χ1n) is 9.85. The third-order valence-electron chi connectivity index (χ3n) is 5.04. The van der Waals surface area contributed by atoms with Crippen molar-refractivity contribution in [3.05, 3.63) is 58.1 Å². The number of ketones is 1. The molecule has 0 spiro atoms. The van der Waals surface area contributed by atoms with Crippen molar-refractivity contribution in [1.82, 2.24) is 29.2 Å². The van der Waals surface area contributed by atoms with E-state index in [9.17, 15) is 9.18 Å². The van der Waals surface area contributed by atoms with E-state index >= 15 is 0 Å². The highest BCUT2D eigenvalue weighted by Gasteiger charge is 2.25. The van der Waals surface area contributed by atoms with Crippen LogP contribution in [-0.4, -0.2) is 42.1 Å². The van der Waals surface area contributed by atoms with Crippen molar-refractivity contribution >= 4 is 28.7 Å². The molecule has 4 rings (SSSR count). The van der Waals surface area contributed by atoms with Gasteiger partial charge in [-0.2, -0.15) is 10.2 Å². The molecule has 4 aromatic heterocycles. The molecule has 162 valence electrons. The molecule has 10 heteroatoms. The molecule has 8 nitrogen and oxygen atoms in total. The van der Waals surface area contributed by atoms with Gasteiger partial charge in [0.05, 0.1) is 5.69 Å². The van der Waals surface area contributed by atoms with E-state index in [0.29, 0.717) is 27.8 Å². The number of halogens is 2. The van der Waals surface area contributed by atoms with Crippen molar-refractivity contribution in [3.8, 4) is 0 Å². The molecule has 0 amide bonds. The zero-order valence-electron chi connectivity index (χ0n) is 17.6. The van der Waals surface area contributed by atoms with E-state index in [4.69, 9.17) is 16.3 Å². The minimum absolute atomic E-state index is 0.0441. The van der Waals surface area contributed by atoms with Gasteiger partial charge in [0.1, 0.15) is 17.7 Å². The Kier molecular flexibility index (Phi) is 5.72. The second-order valence-corrected chi connectivity index (χ2v) is 8.21. The first-order chi connectivity index (χ1) is 14.8. The number of aromatic nitrogens is 6. The molecule has 0 saturated carbocycles. The number of hydrogen-bond acceptors (Lipinski definition) is 6. The molecule has 0 aliphatic rings. The number of ether oxygens (including phenoxy) is 1. The van der Waals surface area contributed by atoms with Crippen LogP contribution in [0.3, 0.4) is 0 Å². The minimum atomic E-state index is -0.514. The first-order valence-corrected chi connectivity index (χ1v) is 10.2. The van der Waals surface area contributed by atoms with Crippen LogP contribution in [0.25, 0.3) is 11.3 Å². The number of fused-ring (bicyclic) bond motifs is 2. The zero-order valence-corrected chi connectivity index (χ0v) is 18.4. The van der Waals surface area contributed by atoms with Crippen LogP contribution in [0.1, 0.15) is 42.6 Å². The van der Waals surface area contributed by atoms with Crippen LogP contribution in [0.5, 0.6) is 0 Å². The maximum absolute atomic E-state index is 14.3. The van der Waals surface area contributed by atoms with Gasteiger partial charge < -0.3 is 4.74 Å². The molecule has 4 aromatic rings. The van der Waals surface area contributed by atoms with E-state index in [1.807, 2.05) is 13.8 Å². The number of hydrogen-bond donors (Lipinski definition) is 0. The van der Waals surface area contributed by atoms with Gasteiger partial charge in [-0.1, -0.05) is 25.4 Å². The Balaban J connectivity index is 1.67. The van der Waals surface area contributed by atoms with Gasteiger partial charge in [-0.05, 0) is 24.5 Å². The van der Waals surface area contributed by atoms with Gasteiger partial charge in [0.2, 0.25) is 0 Å². The molecule has 0 aromatic carbocycles. The van der Waals surface area contributed by atoms with Gasteiger partial charge in [0.15, 0.2) is 22.3 Å². The van der Waals surface area contributed by atoms with Gasteiger partial charge in [-0.25, -0.2) is 23.4 Å². The van der Waals surface area contributed by atoms with Crippen molar-refractivity contribution in [2.45, 2.75) is 39.7 Å². The fraction of sp³-hybridized carbons (Fsp3) is 0.381. The molecule has 1 atom stereocenters. The third-order valence-corrected chi connectivity index (χ3v) is 5.22. The van der Waals surface area contributed by atoms with Gasteiger partial charge >= 0.3 is 0 Å². The number of methoxy groups -OCH3 is 1. The second kappa shape index (κ2) is 8.32. The average Bonchev–Trinajstić information content (AvgIpc) is 3.25. The maximum atomic E-state index is 14.3. The summed E-state index contributed by atoms with van der Waals surface area (Å²) in [6, 6.07) is 2.98. The highest BCUT2D eigenvalue weighted by atomic mass is 35.5. The lowest BCUT2D eigenvalue weighted by molar-refractivity contribution is -0.117. The Morgan fingerprint density at radius 3 is 2.74 bits per heavy atom. The summed E-state index contributed by atoms with van der Waals surface area (Å²) in [5, 5.41) is 8.77.